The van der Waals surface area contributed by atoms with Gasteiger partial charge in [0.05, 0.1) is 0 Å². The standard InChI is InChI=1S/6C4H8.6CH4/c6*1-2-4-3-1;;;;;;/h6*1-4H2;6*1H4. The Morgan fingerprint density at radius 3 is 0.133 bits per heavy atom. The Labute approximate surface area is 198 Å². The predicted octanol–water partition coefficient (Wildman–Crippen LogP) is 13.2. The first-order valence-corrected chi connectivity index (χ1v) is 12.0. The minimum Gasteiger partial charge on any atom is -0.0776 e. The highest BCUT2D eigenvalue weighted by molar-refractivity contribution is 4.52. The second-order valence-electron chi connectivity index (χ2n) is 8.49. The normalized spacial score (nSPS) is 19.2. The molecule has 6 fully saturated rings. The van der Waals surface area contributed by atoms with Crippen molar-refractivity contribution < 1.29 is 0 Å². The molecule has 0 bridgehead atoms. The number of hydrogen-bond acceptors (Lipinski definition) is 0. The van der Waals surface area contributed by atoms with Crippen molar-refractivity contribution in [2.45, 2.75) is 199 Å². The smallest absolute Gasteiger partial charge is 0.0533 e. The van der Waals surface area contributed by atoms with Crippen LogP contribution >= 0.6 is 0 Å². The predicted molar refractivity (Wildman–Crippen MR) is 151 cm³/mol. The van der Waals surface area contributed by atoms with Crippen LogP contribution in [0.4, 0.5) is 0 Å². The second kappa shape index (κ2) is 39.5. The Bertz CT molecular complexity index is 110. The van der Waals surface area contributed by atoms with Gasteiger partial charge in [-0.15, -0.1) is 0 Å². The molecule has 192 valence electrons. The van der Waals surface area contributed by atoms with Crippen LogP contribution in [0.3, 0.4) is 0 Å². The van der Waals surface area contributed by atoms with Crippen molar-refractivity contribution in [1.82, 2.24) is 0 Å². The summed E-state index contributed by atoms with van der Waals surface area (Å²) in [7, 11) is 0. The summed E-state index contributed by atoms with van der Waals surface area (Å²) in [5.74, 6) is 0. The maximum atomic E-state index is 1.50. The van der Waals surface area contributed by atoms with E-state index in [0.29, 0.717) is 0 Å². The van der Waals surface area contributed by atoms with Crippen molar-refractivity contribution >= 4 is 0 Å². The van der Waals surface area contributed by atoms with Crippen LogP contribution in [0.5, 0.6) is 0 Å². The van der Waals surface area contributed by atoms with Gasteiger partial charge in [0.2, 0.25) is 0 Å². The van der Waals surface area contributed by atoms with E-state index in [1.807, 2.05) is 0 Å². The average molecular weight is 433 g/mol. The zero-order valence-electron chi connectivity index (χ0n) is 17.0. The lowest BCUT2D eigenvalue weighted by atomic mass is 10.0. The lowest BCUT2D eigenvalue weighted by molar-refractivity contribution is 0.504. The first kappa shape index (κ1) is 43.8. The van der Waals surface area contributed by atoms with Crippen molar-refractivity contribution in [3.05, 3.63) is 0 Å². The summed E-state index contributed by atoms with van der Waals surface area (Å²) < 4.78 is 0. The van der Waals surface area contributed by atoms with Crippen LogP contribution in [-0.4, -0.2) is 0 Å². The van der Waals surface area contributed by atoms with Gasteiger partial charge in [-0.3, -0.25) is 0 Å². The summed E-state index contributed by atoms with van der Waals surface area (Å²) in [5, 5.41) is 0. The van der Waals surface area contributed by atoms with E-state index < -0.39 is 0 Å². The van der Waals surface area contributed by atoms with E-state index in [1.54, 1.807) is 0 Å². The largest absolute Gasteiger partial charge is 0.0776 e. The van der Waals surface area contributed by atoms with Crippen molar-refractivity contribution in [3.8, 4) is 0 Å². The summed E-state index contributed by atoms with van der Waals surface area (Å²) in [6, 6.07) is 0. The molecule has 0 nitrogen and oxygen atoms in total. The highest BCUT2D eigenvalue weighted by Crippen LogP contribution is 2.17. The Balaban J connectivity index is -0.0000000554. The maximum Gasteiger partial charge on any atom is -0.0533 e. The van der Waals surface area contributed by atoms with E-state index in [4.69, 9.17) is 0 Å². The molecule has 0 aromatic carbocycles. The van der Waals surface area contributed by atoms with Gasteiger partial charge in [-0.05, 0) is 0 Å². The molecule has 6 saturated carbocycles. The van der Waals surface area contributed by atoms with Gasteiger partial charge in [0.1, 0.15) is 0 Å². The van der Waals surface area contributed by atoms with Crippen LogP contribution in [0.25, 0.3) is 0 Å². The van der Waals surface area contributed by atoms with Crippen LogP contribution in [0.2, 0.25) is 0 Å². The number of rotatable bonds is 0. The Kier molecular flexibility index (Phi) is 57.6. The molecule has 0 aliphatic heterocycles. The maximum absolute atomic E-state index is 1.50. The van der Waals surface area contributed by atoms with E-state index >= 15 is 0 Å². The van der Waals surface area contributed by atoms with Gasteiger partial charge in [-0.25, -0.2) is 0 Å². The van der Waals surface area contributed by atoms with E-state index in [1.165, 1.54) is 154 Å². The third-order valence-electron chi connectivity index (χ3n) is 6.00. The average Bonchev–Trinajstić information content (AvgIpc) is 1.94. The Morgan fingerprint density at radius 2 is 0.133 bits per heavy atom. The fourth-order valence-corrected chi connectivity index (χ4v) is 1.50. The molecule has 0 saturated heterocycles. The van der Waals surface area contributed by atoms with Gasteiger partial charge in [0.25, 0.3) is 0 Å². The molecule has 0 spiro atoms. The van der Waals surface area contributed by atoms with Gasteiger partial charge in [-0.2, -0.15) is 0 Å². The van der Waals surface area contributed by atoms with Crippen molar-refractivity contribution in [2.75, 3.05) is 0 Å². The van der Waals surface area contributed by atoms with Crippen LogP contribution < -0.4 is 0 Å². The van der Waals surface area contributed by atoms with Crippen molar-refractivity contribution in [3.63, 3.8) is 0 Å². The molecular weight excluding hydrogens is 360 g/mol. The van der Waals surface area contributed by atoms with Gasteiger partial charge in [-0.1, -0.05) is 199 Å². The molecule has 0 N–H and O–H groups in total. The quantitative estimate of drug-likeness (QED) is 0.357. The number of hydrogen-bond donors (Lipinski definition) is 0. The van der Waals surface area contributed by atoms with Gasteiger partial charge in [0.15, 0.2) is 0 Å². The van der Waals surface area contributed by atoms with Crippen LogP contribution in [0.15, 0.2) is 0 Å². The molecule has 0 heterocycles. The van der Waals surface area contributed by atoms with Crippen LogP contribution in [0.1, 0.15) is 199 Å². The molecule has 6 aliphatic carbocycles. The lowest BCUT2D eigenvalue weighted by Crippen LogP contribution is -1.85. The van der Waals surface area contributed by atoms with E-state index in [-0.39, 0.29) is 44.6 Å². The summed E-state index contributed by atoms with van der Waals surface area (Å²) in [6.45, 7) is 0. The molecule has 0 amide bonds. The molecule has 0 heteroatoms. The Hall–Kier alpha value is 0. The molecule has 6 rings (SSSR count). The molecule has 6 aliphatic rings. The van der Waals surface area contributed by atoms with E-state index in [2.05, 4.69) is 0 Å². The van der Waals surface area contributed by atoms with Gasteiger partial charge >= 0.3 is 0 Å². The third-order valence-corrected chi connectivity index (χ3v) is 6.00. The summed E-state index contributed by atoms with van der Waals surface area (Å²) in [6.07, 6.45) is 36.0. The molecule has 0 unspecified atom stereocenters. The van der Waals surface area contributed by atoms with Gasteiger partial charge < -0.3 is 0 Å². The molecule has 0 atom stereocenters. The van der Waals surface area contributed by atoms with Crippen molar-refractivity contribution in [2.24, 2.45) is 0 Å². The second-order valence-corrected chi connectivity index (χ2v) is 8.49. The summed E-state index contributed by atoms with van der Waals surface area (Å²) >= 11 is 0. The minimum atomic E-state index is 0. The van der Waals surface area contributed by atoms with Crippen LogP contribution in [-0.2, 0) is 0 Å². The molecule has 0 aromatic heterocycles. The first-order chi connectivity index (χ1) is 12.0. The SMILES string of the molecule is C.C.C.C.C.C.C1CCC1.C1CCC1.C1CCC1.C1CCC1.C1CCC1.C1CCC1. The zero-order valence-corrected chi connectivity index (χ0v) is 17.0. The minimum absolute atomic E-state index is 0. The monoisotopic (exact) mass is 433 g/mol. The van der Waals surface area contributed by atoms with Gasteiger partial charge in [0, 0.05) is 0 Å². The van der Waals surface area contributed by atoms with Crippen LogP contribution in [0, 0.1) is 0 Å². The summed E-state index contributed by atoms with van der Waals surface area (Å²) in [4.78, 5) is 0. The highest BCUT2D eigenvalue weighted by atomic mass is 14.0. The fraction of sp³-hybridized carbons (Fsp3) is 1.00. The fourth-order valence-electron chi connectivity index (χ4n) is 1.50. The van der Waals surface area contributed by atoms with Crippen molar-refractivity contribution in [1.29, 1.82) is 0 Å². The summed E-state index contributed by atoms with van der Waals surface area (Å²) in [5.41, 5.74) is 0. The topological polar surface area (TPSA) is 0 Å². The highest BCUT2D eigenvalue weighted by Gasteiger charge is 1.97. The zero-order chi connectivity index (χ0) is 17.0. The first-order valence-electron chi connectivity index (χ1n) is 12.0. The lowest BCUT2D eigenvalue weighted by Gasteiger charge is -2.05. The molecule has 0 radical (unpaired) electrons. The van der Waals surface area contributed by atoms with E-state index in [0.717, 1.165) is 0 Å². The molecular formula is C30H72. The molecule has 0 aromatic rings. The molecule has 30 heavy (non-hydrogen) atoms. The van der Waals surface area contributed by atoms with E-state index in [9.17, 15) is 0 Å². The third kappa shape index (κ3) is 35.4. The Morgan fingerprint density at radius 1 is 0.100 bits per heavy atom.